The fraction of sp³-hybridized carbons (Fsp3) is 0.435. The van der Waals surface area contributed by atoms with Crippen molar-refractivity contribution in [3.8, 4) is 0 Å². The predicted molar refractivity (Wildman–Crippen MR) is 108 cm³/mol. The summed E-state index contributed by atoms with van der Waals surface area (Å²) in [5.41, 5.74) is 4.64. The standard InChI is InChI=1S/C23H25N3O/c1-22(2)11-16-12-23(3,13-22)14-26(16)21(27)15-8-9-19-20(10-15)25-18-7-5-4-6-17(18)24-19/h4-10,16H,11-14H2,1-3H3/t16-,23+/m0/s1. The summed E-state index contributed by atoms with van der Waals surface area (Å²) < 4.78 is 0. The molecular weight excluding hydrogens is 334 g/mol. The van der Waals surface area contributed by atoms with Crippen LogP contribution in [-0.4, -0.2) is 33.4 Å². The minimum atomic E-state index is 0.137. The van der Waals surface area contributed by atoms with Crippen LogP contribution < -0.4 is 0 Å². The summed E-state index contributed by atoms with van der Waals surface area (Å²) in [4.78, 5) is 24.8. The van der Waals surface area contributed by atoms with Gasteiger partial charge < -0.3 is 4.90 Å². The van der Waals surface area contributed by atoms with E-state index in [0.717, 1.165) is 47.0 Å². The zero-order valence-corrected chi connectivity index (χ0v) is 16.2. The molecule has 5 rings (SSSR count). The number of carbonyl (C=O) groups excluding carboxylic acids is 1. The summed E-state index contributed by atoms with van der Waals surface area (Å²) in [5, 5.41) is 0. The maximum absolute atomic E-state index is 13.3. The van der Waals surface area contributed by atoms with Gasteiger partial charge in [0.2, 0.25) is 0 Å². The lowest BCUT2D eigenvalue weighted by atomic mass is 9.65. The second-order valence-electron chi connectivity index (χ2n) is 9.56. The number of amides is 1. The Hall–Kier alpha value is -2.49. The number of rotatable bonds is 1. The number of fused-ring (bicyclic) bond motifs is 4. The summed E-state index contributed by atoms with van der Waals surface area (Å²) in [7, 11) is 0. The molecule has 2 heterocycles. The van der Waals surface area contributed by atoms with Gasteiger partial charge in [-0.2, -0.15) is 0 Å². The first-order valence-corrected chi connectivity index (χ1v) is 9.80. The predicted octanol–water partition coefficient (Wildman–Crippen LogP) is 4.82. The highest BCUT2D eigenvalue weighted by molar-refractivity contribution is 5.98. The molecular formula is C23H25N3O. The van der Waals surface area contributed by atoms with Gasteiger partial charge in [0.1, 0.15) is 0 Å². The van der Waals surface area contributed by atoms with Crippen LogP contribution in [0.2, 0.25) is 0 Å². The molecule has 0 unspecified atom stereocenters. The van der Waals surface area contributed by atoms with Crippen LogP contribution in [0.1, 0.15) is 50.4 Å². The summed E-state index contributed by atoms with van der Waals surface area (Å²) in [6.45, 7) is 7.87. The monoisotopic (exact) mass is 359 g/mol. The number of hydrogen-bond acceptors (Lipinski definition) is 3. The normalized spacial score (nSPS) is 26.6. The van der Waals surface area contributed by atoms with E-state index in [2.05, 4.69) is 30.7 Å². The van der Waals surface area contributed by atoms with E-state index in [4.69, 9.17) is 4.98 Å². The Balaban J connectivity index is 1.51. The molecule has 1 aliphatic carbocycles. The molecule has 1 saturated carbocycles. The van der Waals surface area contributed by atoms with Gasteiger partial charge in [0, 0.05) is 18.2 Å². The van der Waals surface area contributed by atoms with Crippen LogP contribution in [0.4, 0.5) is 0 Å². The molecule has 2 aromatic carbocycles. The highest BCUT2D eigenvalue weighted by Gasteiger charge is 2.51. The molecule has 0 spiro atoms. The van der Waals surface area contributed by atoms with Crippen LogP contribution in [0.25, 0.3) is 22.1 Å². The van der Waals surface area contributed by atoms with Crippen LogP contribution in [0.3, 0.4) is 0 Å². The molecule has 4 heteroatoms. The summed E-state index contributed by atoms with van der Waals surface area (Å²) in [6.07, 6.45) is 3.40. The highest BCUT2D eigenvalue weighted by atomic mass is 16.2. The molecule has 138 valence electrons. The van der Waals surface area contributed by atoms with Crippen LogP contribution >= 0.6 is 0 Å². The fourth-order valence-electron chi connectivity index (χ4n) is 5.62. The Kier molecular flexibility index (Phi) is 3.40. The fourth-order valence-corrected chi connectivity index (χ4v) is 5.62. The average molecular weight is 359 g/mol. The Bertz CT molecular complexity index is 1070. The van der Waals surface area contributed by atoms with Gasteiger partial charge in [-0.15, -0.1) is 0 Å². The maximum Gasteiger partial charge on any atom is 0.254 e. The van der Waals surface area contributed by atoms with Crippen molar-refractivity contribution in [2.45, 2.75) is 46.1 Å². The molecule has 1 saturated heterocycles. The largest absolute Gasteiger partial charge is 0.335 e. The van der Waals surface area contributed by atoms with Crippen molar-refractivity contribution < 1.29 is 4.79 Å². The van der Waals surface area contributed by atoms with Gasteiger partial charge in [0.15, 0.2) is 0 Å². The van der Waals surface area contributed by atoms with E-state index in [-0.39, 0.29) is 11.3 Å². The summed E-state index contributed by atoms with van der Waals surface area (Å²) in [5.74, 6) is 0.137. The minimum Gasteiger partial charge on any atom is -0.335 e. The molecule has 3 aromatic rings. The number of carbonyl (C=O) groups is 1. The number of para-hydroxylation sites is 2. The van der Waals surface area contributed by atoms with E-state index in [1.54, 1.807) is 0 Å². The van der Waals surface area contributed by atoms with Crippen molar-refractivity contribution in [3.63, 3.8) is 0 Å². The van der Waals surface area contributed by atoms with Crippen molar-refractivity contribution in [2.24, 2.45) is 10.8 Å². The lowest BCUT2D eigenvalue weighted by Crippen LogP contribution is -2.37. The van der Waals surface area contributed by atoms with Crippen molar-refractivity contribution in [1.82, 2.24) is 14.9 Å². The molecule has 27 heavy (non-hydrogen) atoms. The Morgan fingerprint density at radius 3 is 2.37 bits per heavy atom. The molecule has 2 bridgehead atoms. The Labute approximate surface area is 159 Å². The molecule has 1 amide bonds. The molecule has 0 N–H and O–H groups in total. The molecule has 4 nitrogen and oxygen atoms in total. The molecule has 0 radical (unpaired) electrons. The zero-order valence-electron chi connectivity index (χ0n) is 16.2. The number of nitrogens with zero attached hydrogens (tertiary/aromatic N) is 3. The van der Waals surface area contributed by atoms with Gasteiger partial charge in [-0.25, -0.2) is 9.97 Å². The van der Waals surface area contributed by atoms with E-state index in [9.17, 15) is 4.79 Å². The Morgan fingerprint density at radius 1 is 0.963 bits per heavy atom. The maximum atomic E-state index is 13.3. The van der Waals surface area contributed by atoms with E-state index >= 15 is 0 Å². The van der Waals surface area contributed by atoms with Crippen molar-refractivity contribution in [3.05, 3.63) is 48.0 Å². The second-order valence-corrected chi connectivity index (χ2v) is 9.56. The zero-order chi connectivity index (χ0) is 18.8. The number of likely N-dealkylation sites (tertiary alicyclic amines) is 1. The lowest BCUT2D eigenvalue weighted by Gasteiger charge is -2.39. The van der Waals surface area contributed by atoms with Gasteiger partial charge in [-0.05, 0) is 60.4 Å². The number of benzene rings is 2. The van der Waals surface area contributed by atoms with Crippen LogP contribution in [-0.2, 0) is 0 Å². The molecule has 2 aliphatic rings. The van der Waals surface area contributed by atoms with Crippen molar-refractivity contribution >= 4 is 28.0 Å². The molecule has 2 fully saturated rings. The molecule has 1 aliphatic heterocycles. The van der Waals surface area contributed by atoms with Gasteiger partial charge in [-0.1, -0.05) is 32.9 Å². The van der Waals surface area contributed by atoms with E-state index in [1.165, 1.54) is 6.42 Å². The Morgan fingerprint density at radius 2 is 1.63 bits per heavy atom. The third-order valence-electron chi connectivity index (χ3n) is 6.26. The highest BCUT2D eigenvalue weighted by Crippen LogP contribution is 2.52. The van der Waals surface area contributed by atoms with E-state index in [1.807, 2.05) is 42.5 Å². The van der Waals surface area contributed by atoms with Crippen LogP contribution in [0, 0.1) is 10.8 Å². The third-order valence-corrected chi connectivity index (χ3v) is 6.26. The smallest absolute Gasteiger partial charge is 0.254 e. The van der Waals surface area contributed by atoms with Gasteiger partial charge in [0.05, 0.1) is 22.1 Å². The quantitative estimate of drug-likeness (QED) is 0.585. The second kappa shape index (κ2) is 5.51. The van der Waals surface area contributed by atoms with Gasteiger partial charge in [-0.3, -0.25) is 4.79 Å². The topological polar surface area (TPSA) is 46.1 Å². The first-order valence-electron chi connectivity index (χ1n) is 9.80. The summed E-state index contributed by atoms with van der Waals surface area (Å²) in [6, 6.07) is 14.0. The average Bonchev–Trinajstić information content (AvgIpc) is 2.87. The first kappa shape index (κ1) is 16.7. The van der Waals surface area contributed by atoms with Gasteiger partial charge >= 0.3 is 0 Å². The molecule has 2 atom stereocenters. The van der Waals surface area contributed by atoms with Crippen molar-refractivity contribution in [1.29, 1.82) is 0 Å². The number of hydrogen-bond donors (Lipinski definition) is 0. The first-order chi connectivity index (χ1) is 12.8. The third kappa shape index (κ3) is 2.78. The number of aromatic nitrogens is 2. The van der Waals surface area contributed by atoms with Crippen molar-refractivity contribution in [2.75, 3.05) is 6.54 Å². The molecule has 1 aromatic heterocycles. The van der Waals surface area contributed by atoms with Crippen LogP contribution in [0.5, 0.6) is 0 Å². The van der Waals surface area contributed by atoms with Gasteiger partial charge in [0.25, 0.3) is 5.91 Å². The van der Waals surface area contributed by atoms with E-state index < -0.39 is 0 Å². The SMILES string of the molecule is CC1(C)C[C@H]2C[C@@](C)(CN2C(=O)c2ccc3nc4ccccc4nc3c2)C1. The van der Waals surface area contributed by atoms with E-state index in [0.29, 0.717) is 11.5 Å². The lowest BCUT2D eigenvalue weighted by molar-refractivity contribution is 0.0708. The van der Waals surface area contributed by atoms with Crippen LogP contribution in [0.15, 0.2) is 42.5 Å². The summed E-state index contributed by atoms with van der Waals surface area (Å²) >= 11 is 0. The minimum absolute atomic E-state index is 0.137.